The second-order valence-electron chi connectivity index (χ2n) is 5.38. The van der Waals surface area contributed by atoms with Crippen LogP contribution in [0.2, 0.25) is 0 Å². The fraction of sp³-hybridized carbons (Fsp3) is 0.222. The van der Waals surface area contributed by atoms with E-state index in [1.807, 2.05) is 0 Å². The number of hydrogen-bond donors (Lipinski definition) is 0. The van der Waals surface area contributed by atoms with E-state index >= 15 is 0 Å². The van der Waals surface area contributed by atoms with Crippen molar-refractivity contribution in [3.63, 3.8) is 0 Å². The Morgan fingerprint density at radius 2 is 1.62 bits per heavy atom. The van der Waals surface area contributed by atoms with Gasteiger partial charge >= 0.3 is 0 Å². The molecule has 0 saturated carbocycles. The van der Waals surface area contributed by atoms with Gasteiger partial charge in [0.25, 0.3) is 0 Å². The first-order valence-electron chi connectivity index (χ1n) is 6.90. The van der Waals surface area contributed by atoms with Crippen molar-refractivity contribution in [2.24, 2.45) is 0 Å². The molecule has 0 radical (unpaired) electrons. The Bertz CT molecular complexity index is 816. The van der Waals surface area contributed by atoms with Gasteiger partial charge in [-0.05, 0) is 68.7 Å². The number of furan rings is 1. The first-order valence-corrected chi connectivity index (χ1v) is 8.51. The zero-order valence-corrected chi connectivity index (χ0v) is 15.0. The molecule has 0 unspecified atom stereocenters. The molecule has 3 heteroatoms. The maximum absolute atomic E-state index is 6.06. The lowest BCUT2D eigenvalue weighted by Crippen LogP contribution is -1.85. The van der Waals surface area contributed by atoms with E-state index in [-0.39, 0.29) is 0 Å². The molecule has 0 spiro atoms. The van der Waals surface area contributed by atoms with Crippen LogP contribution in [0.15, 0.2) is 49.0 Å². The molecule has 21 heavy (non-hydrogen) atoms. The Morgan fingerprint density at radius 1 is 0.952 bits per heavy atom. The Morgan fingerprint density at radius 3 is 2.29 bits per heavy atom. The molecule has 0 aliphatic heterocycles. The molecule has 0 fully saturated rings. The summed E-state index contributed by atoms with van der Waals surface area (Å²) in [6, 6.07) is 10.6. The van der Waals surface area contributed by atoms with E-state index in [4.69, 9.17) is 4.42 Å². The van der Waals surface area contributed by atoms with Crippen LogP contribution >= 0.6 is 27.7 Å². The zero-order valence-electron chi connectivity index (χ0n) is 12.6. The van der Waals surface area contributed by atoms with Crippen LogP contribution in [0, 0.1) is 27.7 Å². The van der Waals surface area contributed by atoms with Crippen molar-refractivity contribution in [3.05, 3.63) is 57.3 Å². The normalized spacial score (nSPS) is 11.3. The van der Waals surface area contributed by atoms with E-state index in [1.54, 1.807) is 11.8 Å². The molecule has 0 N–H and O–H groups in total. The van der Waals surface area contributed by atoms with Gasteiger partial charge in [-0.2, -0.15) is 0 Å². The molecule has 1 nitrogen and oxygen atoms in total. The summed E-state index contributed by atoms with van der Waals surface area (Å²) in [5, 5.41) is 1.25. The molecule has 108 valence electrons. The lowest BCUT2D eigenvalue weighted by Gasteiger charge is -2.06. The van der Waals surface area contributed by atoms with E-state index < -0.39 is 0 Å². The van der Waals surface area contributed by atoms with Crippen LogP contribution in [0.25, 0.3) is 11.0 Å². The molecule has 0 aliphatic carbocycles. The van der Waals surface area contributed by atoms with Gasteiger partial charge in [-0.1, -0.05) is 33.8 Å². The van der Waals surface area contributed by atoms with E-state index in [9.17, 15) is 0 Å². The second kappa shape index (κ2) is 5.54. The highest BCUT2D eigenvalue weighted by Crippen LogP contribution is 2.41. The zero-order chi connectivity index (χ0) is 15.1. The Hall–Kier alpha value is -1.19. The highest BCUT2D eigenvalue weighted by Gasteiger charge is 2.17. The predicted octanol–water partition coefficient (Wildman–Crippen LogP) is 6.58. The summed E-state index contributed by atoms with van der Waals surface area (Å²) in [4.78, 5) is 2.45. The average Bonchev–Trinajstić information content (AvgIpc) is 2.77. The lowest BCUT2D eigenvalue weighted by molar-refractivity contribution is 0.566. The number of rotatable bonds is 2. The quantitative estimate of drug-likeness (QED) is 0.511. The fourth-order valence-corrected chi connectivity index (χ4v) is 3.89. The minimum Gasteiger partial charge on any atom is -0.460 e. The second-order valence-corrected chi connectivity index (χ2v) is 7.38. The molecule has 3 rings (SSSR count). The molecule has 0 bridgehead atoms. The highest BCUT2D eigenvalue weighted by molar-refractivity contribution is 9.10. The Labute approximate surface area is 137 Å². The van der Waals surface area contributed by atoms with E-state index in [1.165, 1.54) is 31.9 Å². The van der Waals surface area contributed by atoms with Crippen LogP contribution < -0.4 is 0 Å². The van der Waals surface area contributed by atoms with Gasteiger partial charge in [0.1, 0.15) is 11.3 Å². The molecule has 3 aromatic rings. The van der Waals surface area contributed by atoms with Gasteiger partial charge in [0.05, 0.1) is 4.90 Å². The third kappa shape index (κ3) is 2.65. The third-order valence-corrected chi connectivity index (χ3v) is 5.55. The van der Waals surface area contributed by atoms with Crippen molar-refractivity contribution in [3.8, 4) is 0 Å². The minimum atomic E-state index is 0.995. The summed E-state index contributed by atoms with van der Waals surface area (Å²) in [7, 11) is 0. The van der Waals surface area contributed by atoms with Crippen molar-refractivity contribution in [1.82, 2.24) is 0 Å². The third-order valence-electron chi connectivity index (χ3n) is 3.82. The van der Waals surface area contributed by atoms with Crippen molar-refractivity contribution in [2.45, 2.75) is 37.5 Å². The smallest absolute Gasteiger partial charge is 0.138 e. The van der Waals surface area contributed by atoms with Crippen molar-refractivity contribution in [1.29, 1.82) is 0 Å². The molecule has 0 aliphatic rings. The predicted molar refractivity (Wildman–Crippen MR) is 93.4 cm³/mol. The number of aryl methyl sites for hydroxylation is 4. The van der Waals surface area contributed by atoms with Crippen LogP contribution in [0.1, 0.15) is 22.5 Å². The van der Waals surface area contributed by atoms with Gasteiger partial charge in [-0.3, -0.25) is 0 Å². The standard InChI is InChI=1S/C18H17BrOS/c1-10-9-11(2)16-17(12(10)3)20-13(4)18(16)21-15-7-5-14(19)6-8-15/h5-9H,1-4H3. The molecule has 1 aromatic heterocycles. The summed E-state index contributed by atoms with van der Waals surface area (Å²) in [5.41, 5.74) is 4.84. The van der Waals surface area contributed by atoms with Crippen molar-refractivity contribution in [2.75, 3.05) is 0 Å². The van der Waals surface area contributed by atoms with Crippen LogP contribution in [0.5, 0.6) is 0 Å². The van der Waals surface area contributed by atoms with Gasteiger partial charge in [-0.25, -0.2) is 0 Å². The number of benzene rings is 2. The largest absolute Gasteiger partial charge is 0.460 e. The maximum Gasteiger partial charge on any atom is 0.138 e. The van der Waals surface area contributed by atoms with Crippen LogP contribution in [-0.4, -0.2) is 0 Å². The van der Waals surface area contributed by atoms with Gasteiger partial charge in [-0.15, -0.1) is 0 Å². The first-order chi connectivity index (χ1) is 9.97. The van der Waals surface area contributed by atoms with Gasteiger partial charge in [0.15, 0.2) is 0 Å². The number of hydrogen-bond acceptors (Lipinski definition) is 2. The molecule has 0 saturated heterocycles. The van der Waals surface area contributed by atoms with Gasteiger partial charge in [0, 0.05) is 14.8 Å². The summed E-state index contributed by atoms with van der Waals surface area (Å²) < 4.78 is 7.16. The van der Waals surface area contributed by atoms with E-state index in [2.05, 4.69) is 74.0 Å². The first kappa shape index (κ1) is 14.7. The Kier molecular flexibility index (Phi) is 3.89. The molecule has 0 amide bonds. The summed E-state index contributed by atoms with van der Waals surface area (Å²) in [6.07, 6.45) is 0. The van der Waals surface area contributed by atoms with Gasteiger partial charge in [0.2, 0.25) is 0 Å². The highest BCUT2D eigenvalue weighted by atomic mass is 79.9. The van der Waals surface area contributed by atoms with Crippen molar-refractivity contribution < 1.29 is 4.42 Å². The minimum absolute atomic E-state index is 0.995. The molecule has 2 aromatic carbocycles. The number of halogens is 1. The van der Waals surface area contributed by atoms with Crippen LogP contribution in [-0.2, 0) is 0 Å². The lowest BCUT2D eigenvalue weighted by atomic mass is 10.0. The monoisotopic (exact) mass is 360 g/mol. The van der Waals surface area contributed by atoms with E-state index in [0.29, 0.717) is 0 Å². The van der Waals surface area contributed by atoms with Crippen LogP contribution in [0.3, 0.4) is 0 Å². The molecule has 1 heterocycles. The average molecular weight is 361 g/mol. The Balaban J connectivity index is 2.16. The van der Waals surface area contributed by atoms with Crippen molar-refractivity contribution >= 4 is 38.7 Å². The summed E-state index contributed by atoms with van der Waals surface area (Å²) in [6.45, 7) is 8.49. The van der Waals surface area contributed by atoms with Gasteiger partial charge < -0.3 is 4.42 Å². The van der Waals surface area contributed by atoms with E-state index in [0.717, 1.165) is 15.8 Å². The van der Waals surface area contributed by atoms with Crippen LogP contribution in [0.4, 0.5) is 0 Å². The molecular formula is C18H17BrOS. The maximum atomic E-state index is 6.06. The summed E-state index contributed by atoms with van der Waals surface area (Å²) >= 11 is 5.25. The SMILES string of the molecule is Cc1cc(C)c2c(Sc3ccc(Br)cc3)c(C)oc2c1C. The molecule has 0 atom stereocenters. The summed E-state index contributed by atoms with van der Waals surface area (Å²) in [5.74, 6) is 0.995. The number of fused-ring (bicyclic) bond motifs is 1. The topological polar surface area (TPSA) is 13.1 Å². The fourth-order valence-electron chi connectivity index (χ4n) is 2.58. The molecular weight excluding hydrogens is 344 g/mol.